The van der Waals surface area contributed by atoms with E-state index in [9.17, 15) is 0 Å². The molecule has 0 radical (unpaired) electrons. The topological polar surface area (TPSA) is 0 Å². The third-order valence-corrected chi connectivity index (χ3v) is 3.29. The van der Waals surface area contributed by atoms with Gasteiger partial charge in [0, 0.05) is 0 Å². The van der Waals surface area contributed by atoms with Gasteiger partial charge in [0.15, 0.2) is 0 Å². The molecule has 0 heterocycles. The van der Waals surface area contributed by atoms with Gasteiger partial charge in [0.25, 0.3) is 0 Å². The Labute approximate surface area is 102 Å². The van der Waals surface area contributed by atoms with Gasteiger partial charge < -0.3 is 0 Å². The summed E-state index contributed by atoms with van der Waals surface area (Å²) in [5.41, 5.74) is 1.35. The molecule has 1 rings (SSSR count). The Morgan fingerprint density at radius 3 is 2.33 bits per heavy atom. The molecule has 82 valence electrons. The molecule has 0 N–H and O–H groups in total. The number of hydrogen-bond donors (Lipinski definition) is 0. The third-order valence-electron chi connectivity index (χ3n) is 2.60. The predicted molar refractivity (Wildman–Crippen MR) is 63.9 cm³/mol. The van der Waals surface area contributed by atoms with Gasteiger partial charge in [-0.15, -0.1) is 0 Å². The minimum atomic E-state index is 1.20. The number of hydrogen-bond acceptors (Lipinski definition) is 0. The third kappa shape index (κ3) is 5.31. The van der Waals surface area contributed by atoms with E-state index in [-0.39, 0.29) is 0 Å². The Bertz CT molecular complexity index is 277. The van der Waals surface area contributed by atoms with Crippen molar-refractivity contribution in [3.63, 3.8) is 0 Å². The van der Waals surface area contributed by atoms with E-state index in [1.165, 1.54) is 48.5 Å². The summed E-state index contributed by atoms with van der Waals surface area (Å²) in [5, 5.41) is 0. The normalized spacial score (nSPS) is 10.2. The first-order valence-electron chi connectivity index (χ1n) is 5.93. The van der Waals surface area contributed by atoms with Crippen LogP contribution in [0.4, 0.5) is 0 Å². The summed E-state index contributed by atoms with van der Waals surface area (Å²) in [6.07, 6.45) is 7.98. The zero-order valence-electron chi connectivity index (χ0n) is 9.54. The van der Waals surface area contributed by atoms with Crippen molar-refractivity contribution >= 4 is 4.38 Å². The summed E-state index contributed by atoms with van der Waals surface area (Å²) >= 11 is 3.20. The second kappa shape index (κ2) is 7.86. The fraction of sp³-hybridized carbons (Fsp3) is 0.500. The van der Waals surface area contributed by atoms with Crippen molar-refractivity contribution < 1.29 is 15.9 Å². The summed E-state index contributed by atoms with van der Waals surface area (Å²) in [6.45, 7) is 2.26. The Kier molecular flexibility index (Phi) is 6.65. The van der Waals surface area contributed by atoms with Crippen LogP contribution in [-0.4, -0.2) is 4.38 Å². The molecule has 0 saturated carbocycles. The molecule has 1 heteroatoms. The minimum absolute atomic E-state index is 1.20. The summed E-state index contributed by atoms with van der Waals surface area (Å²) < 4.78 is 1.41. The van der Waals surface area contributed by atoms with Crippen molar-refractivity contribution in [1.82, 2.24) is 0 Å². The quantitative estimate of drug-likeness (QED) is 0.629. The molecule has 0 spiro atoms. The molecule has 0 amide bonds. The van der Waals surface area contributed by atoms with Crippen LogP contribution in [0, 0.1) is 0 Å². The molecular formula is C14H20Cr. The monoisotopic (exact) mass is 240 g/mol. The van der Waals surface area contributed by atoms with Gasteiger partial charge in [-0.3, -0.25) is 0 Å². The fourth-order valence-electron chi connectivity index (χ4n) is 1.66. The van der Waals surface area contributed by atoms with Crippen LogP contribution in [-0.2, 0) is 15.9 Å². The molecule has 1 aromatic rings. The molecule has 0 saturated heterocycles. The van der Waals surface area contributed by atoms with E-state index >= 15 is 0 Å². The molecule has 0 atom stereocenters. The van der Waals surface area contributed by atoms with Crippen LogP contribution in [0.2, 0.25) is 0 Å². The van der Waals surface area contributed by atoms with E-state index in [0.29, 0.717) is 0 Å². The van der Waals surface area contributed by atoms with Crippen LogP contribution in [0.3, 0.4) is 0 Å². The van der Waals surface area contributed by atoms with E-state index < -0.39 is 0 Å². The molecule has 0 aliphatic rings. The number of rotatable bonds is 7. The van der Waals surface area contributed by atoms with Crippen LogP contribution in [0.1, 0.15) is 51.0 Å². The van der Waals surface area contributed by atoms with E-state index in [1.54, 1.807) is 0 Å². The Balaban J connectivity index is 2.20. The van der Waals surface area contributed by atoms with Gasteiger partial charge in [0.1, 0.15) is 0 Å². The van der Waals surface area contributed by atoms with Crippen molar-refractivity contribution in [3.8, 4) is 0 Å². The zero-order valence-corrected chi connectivity index (χ0v) is 10.8. The number of unbranched alkanes of at least 4 members (excludes halogenated alkanes) is 4. The Hall–Kier alpha value is -0.378. The van der Waals surface area contributed by atoms with Crippen molar-refractivity contribution in [2.75, 3.05) is 0 Å². The summed E-state index contributed by atoms with van der Waals surface area (Å²) in [4.78, 5) is 0. The van der Waals surface area contributed by atoms with E-state index in [4.69, 9.17) is 0 Å². The van der Waals surface area contributed by atoms with Crippen molar-refractivity contribution in [3.05, 3.63) is 35.9 Å². The van der Waals surface area contributed by atoms with Crippen LogP contribution < -0.4 is 0 Å². The van der Waals surface area contributed by atoms with Gasteiger partial charge in [-0.2, -0.15) is 0 Å². The van der Waals surface area contributed by atoms with Crippen molar-refractivity contribution in [2.24, 2.45) is 0 Å². The molecule has 0 nitrogen and oxygen atoms in total. The van der Waals surface area contributed by atoms with E-state index in [1.807, 2.05) is 0 Å². The van der Waals surface area contributed by atoms with Crippen LogP contribution in [0.15, 0.2) is 30.3 Å². The molecule has 0 fully saturated rings. The summed E-state index contributed by atoms with van der Waals surface area (Å²) in [7, 11) is 0. The average molecular weight is 240 g/mol. The Morgan fingerprint density at radius 2 is 1.67 bits per heavy atom. The first kappa shape index (κ1) is 12.7. The van der Waals surface area contributed by atoms with Crippen LogP contribution in [0.25, 0.3) is 0 Å². The fourth-order valence-corrected chi connectivity index (χ4v) is 2.10. The standard InChI is InChI=1S/C14H20.Cr/c1-2-3-4-5-6-8-11-14-12-9-7-10-13-14;/h7,9-10,12-13H,2-6,8H2,1H3;. The molecule has 0 bridgehead atoms. The van der Waals surface area contributed by atoms with Crippen LogP contribution >= 0.6 is 0 Å². The predicted octanol–water partition coefficient (Wildman–Crippen LogP) is 4.11. The van der Waals surface area contributed by atoms with Gasteiger partial charge in [0.05, 0.1) is 0 Å². The second-order valence-corrected chi connectivity index (χ2v) is 4.72. The van der Waals surface area contributed by atoms with E-state index in [0.717, 1.165) is 0 Å². The van der Waals surface area contributed by atoms with Crippen molar-refractivity contribution in [2.45, 2.75) is 45.4 Å². The maximum atomic E-state index is 3.20. The second-order valence-electron chi connectivity index (χ2n) is 3.95. The van der Waals surface area contributed by atoms with E-state index in [2.05, 4.69) is 53.1 Å². The van der Waals surface area contributed by atoms with Gasteiger partial charge >= 0.3 is 102 Å². The van der Waals surface area contributed by atoms with Gasteiger partial charge in [-0.05, 0) is 0 Å². The van der Waals surface area contributed by atoms with Gasteiger partial charge in [-0.1, -0.05) is 0 Å². The molecule has 0 unspecified atom stereocenters. The van der Waals surface area contributed by atoms with Gasteiger partial charge in [-0.25, -0.2) is 0 Å². The molecule has 15 heavy (non-hydrogen) atoms. The molecule has 0 aliphatic carbocycles. The maximum absolute atomic E-state index is 3.20. The average Bonchev–Trinajstić information content (AvgIpc) is 2.30. The van der Waals surface area contributed by atoms with Crippen molar-refractivity contribution in [1.29, 1.82) is 0 Å². The molecule has 0 aliphatic heterocycles. The van der Waals surface area contributed by atoms with Gasteiger partial charge in [0.2, 0.25) is 0 Å². The molecular weight excluding hydrogens is 220 g/mol. The van der Waals surface area contributed by atoms with Crippen LogP contribution in [0.5, 0.6) is 0 Å². The summed E-state index contributed by atoms with van der Waals surface area (Å²) in [5.74, 6) is 0. The zero-order chi connectivity index (χ0) is 10.9. The first-order valence-corrected chi connectivity index (χ1v) is 6.56. The SMILES string of the molecule is CCCCCCC[C](=[Cr])c1ccccc1. The first-order chi connectivity index (χ1) is 7.34. The molecule has 0 aromatic heterocycles. The molecule has 1 aromatic carbocycles. The number of benzene rings is 1. The Morgan fingerprint density at radius 1 is 1.00 bits per heavy atom. The summed E-state index contributed by atoms with van der Waals surface area (Å²) in [6, 6.07) is 10.6.